The van der Waals surface area contributed by atoms with Crippen molar-refractivity contribution in [2.24, 2.45) is 5.14 Å². The van der Waals surface area contributed by atoms with Crippen molar-refractivity contribution < 1.29 is 31.4 Å². The van der Waals surface area contributed by atoms with E-state index in [4.69, 9.17) is 22.6 Å². The number of ether oxygens (including phenoxy) is 3. The van der Waals surface area contributed by atoms with Gasteiger partial charge in [0.25, 0.3) is 0 Å². The second-order valence-electron chi connectivity index (χ2n) is 9.72. The number of aromatic nitrogens is 1. The molecule has 0 spiro atoms. The summed E-state index contributed by atoms with van der Waals surface area (Å²) >= 11 is 0. The van der Waals surface area contributed by atoms with Gasteiger partial charge in [-0.05, 0) is 61.0 Å². The minimum Gasteiger partial charge on any atom is -0.493 e. The second kappa shape index (κ2) is 14.9. The Morgan fingerprint density at radius 2 is 1.64 bits per heavy atom. The molecule has 1 saturated heterocycles. The normalized spacial score (nSPS) is 14.0. The first-order chi connectivity index (χ1) is 20.2. The van der Waals surface area contributed by atoms with Gasteiger partial charge in [-0.15, -0.1) is 0 Å². The predicted molar refractivity (Wildman–Crippen MR) is 159 cm³/mol. The van der Waals surface area contributed by atoms with Crippen LogP contribution in [0.1, 0.15) is 6.42 Å². The van der Waals surface area contributed by atoms with Crippen LogP contribution in [-0.4, -0.2) is 76.7 Å². The molecule has 224 valence electrons. The van der Waals surface area contributed by atoms with Gasteiger partial charge in [0, 0.05) is 50.4 Å². The molecule has 0 radical (unpaired) electrons. The van der Waals surface area contributed by atoms with Crippen LogP contribution in [0.3, 0.4) is 0 Å². The van der Waals surface area contributed by atoms with E-state index in [1.165, 1.54) is 24.3 Å². The third-order valence-electron chi connectivity index (χ3n) is 6.77. The summed E-state index contributed by atoms with van der Waals surface area (Å²) in [5.74, 6) is 0.724. The van der Waals surface area contributed by atoms with Crippen molar-refractivity contribution in [2.75, 3.05) is 53.5 Å². The quantitative estimate of drug-likeness (QED) is 0.214. The zero-order chi connectivity index (χ0) is 30.1. The molecular weight excluding hydrogens is 566 g/mol. The Kier molecular flexibility index (Phi) is 11.0. The van der Waals surface area contributed by atoms with Gasteiger partial charge in [0.1, 0.15) is 11.6 Å². The van der Waals surface area contributed by atoms with Gasteiger partial charge in [0.15, 0.2) is 34.0 Å². The Hall–Kier alpha value is -3.84. The summed E-state index contributed by atoms with van der Waals surface area (Å²) in [7, 11) is 1.11. The van der Waals surface area contributed by atoms with Gasteiger partial charge in [0.05, 0.1) is 19.2 Å². The molecule has 2 heterocycles. The van der Waals surface area contributed by atoms with Crippen molar-refractivity contribution in [1.29, 1.82) is 0 Å². The number of halogens is 2. The van der Waals surface area contributed by atoms with Crippen molar-refractivity contribution in [2.45, 2.75) is 6.42 Å². The Bertz CT molecular complexity index is 1570. The van der Waals surface area contributed by atoms with E-state index in [2.05, 4.69) is 27.0 Å². The van der Waals surface area contributed by atoms with Gasteiger partial charge in [-0.3, -0.25) is 4.98 Å². The van der Waals surface area contributed by atoms with Crippen LogP contribution in [0, 0.1) is 11.6 Å². The Balaban J connectivity index is 0.000000952. The lowest BCUT2D eigenvalue weighted by Gasteiger charge is -2.32. The molecule has 42 heavy (non-hydrogen) atoms. The maximum atomic E-state index is 15.0. The van der Waals surface area contributed by atoms with Crippen molar-refractivity contribution in [3.63, 3.8) is 0 Å². The van der Waals surface area contributed by atoms with Gasteiger partial charge in [0.2, 0.25) is 0 Å². The molecule has 1 aromatic heterocycles. The third kappa shape index (κ3) is 8.58. The number of nitrogens with two attached hydrogens (primary N) is 1. The number of thiol groups is 1. The van der Waals surface area contributed by atoms with E-state index >= 15 is 0 Å². The lowest BCUT2D eigenvalue weighted by Crippen LogP contribution is -2.44. The van der Waals surface area contributed by atoms with E-state index < -0.39 is 16.7 Å². The molecule has 0 atom stereocenters. The summed E-state index contributed by atoms with van der Waals surface area (Å²) in [4.78, 5) is 9.25. The molecule has 4 aromatic rings. The monoisotopic (exact) mass is 600 g/mol. The fraction of sp³-hybridized carbons (Fsp3) is 0.300. The third-order valence-corrected chi connectivity index (χ3v) is 6.77. The van der Waals surface area contributed by atoms with E-state index in [0.717, 1.165) is 39.1 Å². The highest BCUT2D eigenvalue weighted by Crippen LogP contribution is 2.38. The van der Waals surface area contributed by atoms with Gasteiger partial charge in [-0.2, -0.15) is 0 Å². The highest BCUT2D eigenvalue weighted by Gasteiger charge is 2.16. The highest BCUT2D eigenvalue weighted by atomic mass is 32.2. The highest BCUT2D eigenvalue weighted by molar-refractivity contribution is 7.69. The molecule has 0 bridgehead atoms. The Morgan fingerprint density at radius 1 is 0.905 bits per heavy atom. The van der Waals surface area contributed by atoms with Crippen LogP contribution < -0.4 is 19.3 Å². The van der Waals surface area contributed by atoms with E-state index in [-0.39, 0.29) is 11.6 Å². The van der Waals surface area contributed by atoms with Crippen LogP contribution in [0.4, 0.5) is 8.78 Å². The molecule has 3 aromatic carbocycles. The smallest absolute Gasteiger partial charge is 0.198 e. The molecule has 0 unspecified atom stereocenters. The number of pyridine rings is 1. The van der Waals surface area contributed by atoms with E-state index in [0.29, 0.717) is 45.9 Å². The number of nitrogens with zero attached hydrogens (tertiary/aromatic N) is 3. The molecule has 1 aliphatic heterocycles. The summed E-state index contributed by atoms with van der Waals surface area (Å²) in [6.07, 6.45) is 2.52. The number of benzene rings is 3. The van der Waals surface area contributed by atoms with Gasteiger partial charge in [-0.1, -0.05) is 18.2 Å². The maximum Gasteiger partial charge on any atom is 0.198 e. The Morgan fingerprint density at radius 3 is 2.33 bits per heavy atom. The van der Waals surface area contributed by atoms with Crippen LogP contribution in [-0.2, 0) is 10.9 Å². The maximum absolute atomic E-state index is 15.0. The molecule has 2 N–H and O–H groups in total. The van der Waals surface area contributed by atoms with Crippen molar-refractivity contribution in [3.05, 3.63) is 78.5 Å². The SMILES string of the molecule is COc1cc2c(Oc3ccc(-c4cccc(F)c4)cc3F)ccnc2cc1OCCCN1CCN(C)CC1.N[SH](=O)=O. The van der Waals surface area contributed by atoms with E-state index in [1.54, 1.807) is 43.6 Å². The fourth-order valence-electron chi connectivity index (χ4n) is 4.58. The van der Waals surface area contributed by atoms with Gasteiger partial charge < -0.3 is 24.0 Å². The van der Waals surface area contributed by atoms with Crippen LogP contribution >= 0.6 is 0 Å². The Labute approximate surface area is 245 Å². The largest absolute Gasteiger partial charge is 0.493 e. The van der Waals surface area contributed by atoms with Crippen molar-refractivity contribution in [3.8, 4) is 34.1 Å². The molecule has 1 fully saturated rings. The van der Waals surface area contributed by atoms with Crippen molar-refractivity contribution in [1.82, 2.24) is 14.8 Å². The lowest BCUT2D eigenvalue weighted by atomic mass is 10.1. The number of hydrogen-bond acceptors (Lipinski definition) is 8. The molecule has 0 aliphatic carbocycles. The minimum absolute atomic E-state index is 0.0563. The second-order valence-corrected chi connectivity index (χ2v) is 10.3. The van der Waals surface area contributed by atoms with Crippen molar-refractivity contribution >= 4 is 21.8 Å². The molecule has 5 rings (SSSR count). The molecule has 1 aliphatic rings. The van der Waals surface area contributed by atoms with Crippen LogP contribution in [0.25, 0.3) is 22.0 Å². The minimum atomic E-state index is -2.62. The number of methoxy groups -OCH3 is 1. The topological polar surface area (TPSA) is 107 Å². The number of rotatable bonds is 9. The van der Waals surface area contributed by atoms with Crippen LogP contribution in [0.15, 0.2) is 66.9 Å². The summed E-state index contributed by atoms with van der Waals surface area (Å²) in [5.41, 5.74) is 1.80. The standard InChI is InChI=1S/C30H31F2N3O3.H3NO2S/c1-34-12-14-35(15-13-34)11-4-16-37-30-20-26-24(19-29(30)36-2)27(9-10-33-26)38-28-8-7-22(18-25(28)32)21-5-3-6-23(31)17-21;1-4(2)3/h3,5-10,17-20H,4,11-16H2,1-2H3;4H,(H2,1,2,3). The average molecular weight is 601 g/mol. The molecule has 0 amide bonds. The number of likely N-dealkylation sites (N-methyl/N-ethyl adjacent to an activating group) is 1. The van der Waals surface area contributed by atoms with Gasteiger partial charge in [-0.25, -0.2) is 22.3 Å². The first-order valence-electron chi connectivity index (χ1n) is 13.4. The first kappa shape index (κ1) is 31.1. The molecular formula is C30H34F2N4O5S. The van der Waals surface area contributed by atoms with Gasteiger partial charge >= 0.3 is 0 Å². The molecule has 0 saturated carbocycles. The zero-order valence-corrected chi connectivity index (χ0v) is 24.4. The fourth-order valence-corrected chi connectivity index (χ4v) is 4.58. The first-order valence-corrected chi connectivity index (χ1v) is 14.6. The van der Waals surface area contributed by atoms with E-state index in [9.17, 15) is 8.78 Å². The van der Waals surface area contributed by atoms with E-state index in [1.807, 2.05) is 6.07 Å². The summed E-state index contributed by atoms with van der Waals surface area (Å²) in [5, 5.41) is 4.73. The summed E-state index contributed by atoms with van der Waals surface area (Å²) in [6, 6.07) is 15.9. The summed E-state index contributed by atoms with van der Waals surface area (Å²) < 4.78 is 63.8. The number of hydrogen-bond donors (Lipinski definition) is 2. The lowest BCUT2D eigenvalue weighted by molar-refractivity contribution is 0.145. The molecule has 12 heteroatoms. The number of fused-ring (bicyclic) bond motifs is 1. The molecule has 9 nitrogen and oxygen atoms in total. The zero-order valence-electron chi connectivity index (χ0n) is 23.5. The van der Waals surface area contributed by atoms with Crippen LogP contribution in [0.2, 0.25) is 0 Å². The predicted octanol–water partition coefficient (Wildman–Crippen LogP) is 4.47. The average Bonchev–Trinajstić information content (AvgIpc) is 2.96. The number of piperazine rings is 1. The summed E-state index contributed by atoms with van der Waals surface area (Å²) in [6.45, 7) is 5.90. The van der Waals surface area contributed by atoms with Crippen LogP contribution in [0.5, 0.6) is 23.0 Å².